The molecule has 15 heavy (non-hydrogen) atoms. The van der Waals surface area contributed by atoms with Crippen molar-refractivity contribution in [2.24, 2.45) is 10.9 Å². The summed E-state index contributed by atoms with van der Waals surface area (Å²) in [7, 11) is 0. The predicted molar refractivity (Wildman–Crippen MR) is 66.0 cm³/mol. The second kappa shape index (κ2) is 4.45. The minimum absolute atomic E-state index is 0.337. The van der Waals surface area contributed by atoms with Gasteiger partial charge in [0.05, 0.1) is 5.69 Å². The summed E-state index contributed by atoms with van der Waals surface area (Å²) in [6.07, 6.45) is 8.34. The van der Waals surface area contributed by atoms with Gasteiger partial charge in [-0.05, 0) is 25.1 Å². The van der Waals surface area contributed by atoms with Gasteiger partial charge in [-0.2, -0.15) is 0 Å². The Morgan fingerprint density at radius 1 is 1.27 bits per heavy atom. The Morgan fingerprint density at radius 2 is 2.00 bits per heavy atom. The van der Waals surface area contributed by atoms with Crippen molar-refractivity contribution < 1.29 is 0 Å². The molecule has 0 atom stereocenters. The molecule has 0 spiro atoms. The van der Waals surface area contributed by atoms with E-state index in [-0.39, 0.29) is 0 Å². The fourth-order valence-electron chi connectivity index (χ4n) is 1.53. The average molecular weight is 218 g/mol. The molecule has 0 saturated heterocycles. The third-order valence-electron chi connectivity index (χ3n) is 2.34. The minimum Gasteiger partial charge on any atom is -0.257 e. The van der Waals surface area contributed by atoms with Gasteiger partial charge in [-0.25, -0.2) is 0 Å². The van der Waals surface area contributed by atoms with Crippen LogP contribution in [0, 0.1) is 5.92 Å². The Kier molecular flexibility index (Phi) is 3.02. The molecule has 1 nitrogen and oxygen atoms in total. The lowest BCUT2D eigenvalue weighted by molar-refractivity contribution is 1.14. The number of hydrogen-bond acceptors (Lipinski definition) is 1. The standard InChI is InChI=1S/C13H12ClN/c1-10(11-5-2-3-6-11)15-13-8-4-7-12(14)9-13/h2-9,11H,1H3. The van der Waals surface area contributed by atoms with Gasteiger partial charge in [0.2, 0.25) is 0 Å². The number of hydrogen-bond donors (Lipinski definition) is 0. The molecule has 0 N–H and O–H groups in total. The normalized spacial score (nSPS) is 16.3. The fraction of sp³-hybridized carbons (Fsp3) is 0.154. The molecular weight excluding hydrogens is 206 g/mol. The molecule has 0 aromatic heterocycles. The molecule has 1 aromatic carbocycles. The molecule has 0 bridgehead atoms. The average Bonchev–Trinajstić information content (AvgIpc) is 2.70. The van der Waals surface area contributed by atoms with Gasteiger partial charge >= 0.3 is 0 Å². The summed E-state index contributed by atoms with van der Waals surface area (Å²) in [5, 5.41) is 0.724. The quantitative estimate of drug-likeness (QED) is 0.660. The number of aliphatic imine (C=N–C) groups is 1. The topological polar surface area (TPSA) is 12.4 Å². The lowest BCUT2D eigenvalue weighted by atomic mass is 10.1. The molecule has 1 aliphatic carbocycles. The lowest BCUT2D eigenvalue weighted by Gasteiger charge is -2.04. The molecule has 2 heteroatoms. The Morgan fingerprint density at radius 3 is 2.67 bits per heavy atom. The van der Waals surface area contributed by atoms with Crippen LogP contribution in [-0.4, -0.2) is 5.71 Å². The number of benzene rings is 1. The summed E-state index contributed by atoms with van der Waals surface area (Å²) in [6, 6.07) is 7.59. The molecule has 0 unspecified atom stereocenters. The van der Waals surface area contributed by atoms with Crippen molar-refractivity contribution in [2.75, 3.05) is 0 Å². The molecule has 0 saturated carbocycles. The third-order valence-corrected chi connectivity index (χ3v) is 2.58. The van der Waals surface area contributed by atoms with Crippen LogP contribution in [0.5, 0.6) is 0 Å². The zero-order valence-electron chi connectivity index (χ0n) is 8.52. The van der Waals surface area contributed by atoms with E-state index >= 15 is 0 Å². The van der Waals surface area contributed by atoms with Crippen LogP contribution in [0.2, 0.25) is 5.02 Å². The van der Waals surface area contributed by atoms with Crippen LogP contribution in [0.1, 0.15) is 6.92 Å². The second-order valence-corrected chi connectivity index (χ2v) is 3.97. The first-order valence-electron chi connectivity index (χ1n) is 4.91. The Bertz CT molecular complexity index is 432. The molecule has 0 aliphatic heterocycles. The van der Waals surface area contributed by atoms with Crippen LogP contribution in [0.25, 0.3) is 0 Å². The van der Waals surface area contributed by atoms with Gasteiger partial charge in [-0.1, -0.05) is 42.0 Å². The number of nitrogens with zero attached hydrogens (tertiary/aromatic N) is 1. The molecule has 0 fully saturated rings. The van der Waals surface area contributed by atoms with Gasteiger partial charge in [0, 0.05) is 16.7 Å². The molecule has 0 radical (unpaired) electrons. The molecule has 0 amide bonds. The van der Waals surface area contributed by atoms with E-state index in [1.165, 1.54) is 0 Å². The van der Waals surface area contributed by atoms with Crippen molar-refractivity contribution in [3.05, 3.63) is 53.6 Å². The van der Waals surface area contributed by atoms with Crippen LogP contribution in [0.15, 0.2) is 53.6 Å². The number of rotatable bonds is 2. The highest BCUT2D eigenvalue weighted by molar-refractivity contribution is 6.30. The molecule has 0 heterocycles. The largest absolute Gasteiger partial charge is 0.257 e. The highest BCUT2D eigenvalue weighted by Crippen LogP contribution is 2.20. The van der Waals surface area contributed by atoms with E-state index in [4.69, 9.17) is 11.6 Å². The zero-order chi connectivity index (χ0) is 10.7. The summed E-state index contributed by atoms with van der Waals surface area (Å²) in [5.41, 5.74) is 2.00. The SMILES string of the molecule is CC(=Nc1cccc(Cl)c1)C1C=CC=C1. The predicted octanol–water partition coefficient (Wildman–Crippen LogP) is 4.17. The molecule has 76 valence electrons. The first-order valence-corrected chi connectivity index (χ1v) is 5.29. The van der Waals surface area contributed by atoms with Crippen LogP contribution < -0.4 is 0 Å². The maximum absolute atomic E-state index is 5.89. The Hall–Kier alpha value is -1.34. The van der Waals surface area contributed by atoms with E-state index in [2.05, 4.69) is 17.1 Å². The van der Waals surface area contributed by atoms with E-state index in [9.17, 15) is 0 Å². The lowest BCUT2D eigenvalue weighted by Crippen LogP contribution is -2.02. The third kappa shape index (κ3) is 2.57. The van der Waals surface area contributed by atoms with Crippen LogP contribution in [0.3, 0.4) is 0 Å². The van der Waals surface area contributed by atoms with Crippen LogP contribution in [-0.2, 0) is 0 Å². The maximum Gasteiger partial charge on any atom is 0.0644 e. The molecule has 2 rings (SSSR count). The minimum atomic E-state index is 0.337. The van der Waals surface area contributed by atoms with E-state index in [1.54, 1.807) is 0 Å². The highest BCUT2D eigenvalue weighted by atomic mass is 35.5. The maximum atomic E-state index is 5.89. The molecule has 1 aromatic rings. The van der Waals surface area contributed by atoms with Crippen molar-refractivity contribution in [3.8, 4) is 0 Å². The number of halogens is 1. The van der Waals surface area contributed by atoms with Crippen molar-refractivity contribution >= 4 is 23.0 Å². The van der Waals surface area contributed by atoms with Crippen molar-refractivity contribution in [1.82, 2.24) is 0 Å². The smallest absolute Gasteiger partial charge is 0.0644 e. The van der Waals surface area contributed by atoms with Gasteiger partial charge in [0.1, 0.15) is 0 Å². The van der Waals surface area contributed by atoms with Crippen molar-refractivity contribution in [1.29, 1.82) is 0 Å². The van der Waals surface area contributed by atoms with Gasteiger partial charge in [0.15, 0.2) is 0 Å². The molecular formula is C13H12ClN. The number of allylic oxidation sites excluding steroid dienone is 4. The summed E-state index contributed by atoms with van der Waals surface area (Å²) in [6.45, 7) is 2.03. The van der Waals surface area contributed by atoms with E-state index in [1.807, 2.05) is 43.3 Å². The Labute approximate surface area is 94.8 Å². The highest BCUT2D eigenvalue weighted by Gasteiger charge is 2.06. The second-order valence-electron chi connectivity index (χ2n) is 3.53. The summed E-state index contributed by atoms with van der Waals surface area (Å²) in [4.78, 5) is 4.53. The van der Waals surface area contributed by atoms with E-state index < -0.39 is 0 Å². The summed E-state index contributed by atoms with van der Waals surface area (Å²) < 4.78 is 0. The van der Waals surface area contributed by atoms with Gasteiger partial charge in [0.25, 0.3) is 0 Å². The first-order chi connectivity index (χ1) is 7.25. The van der Waals surface area contributed by atoms with E-state index in [0.717, 1.165) is 16.4 Å². The molecule has 1 aliphatic rings. The summed E-state index contributed by atoms with van der Waals surface area (Å²) in [5.74, 6) is 0.337. The Balaban J connectivity index is 2.22. The van der Waals surface area contributed by atoms with Crippen molar-refractivity contribution in [2.45, 2.75) is 6.92 Å². The zero-order valence-corrected chi connectivity index (χ0v) is 9.28. The van der Waals surface area contributed by atoms with Gasteiger partial charge < -0.3 is 0 Å². The van der Waals surface area contributed by atoms with Crippen molar-refractivity contribution in [3.63, 3.8) is 0 Å². The summed E-state index contributed by atoms with van der Waals surface area (Å²) >= 11 is 5.89. The van der Waals surface area contributed by atoms with E-state index in [0.29, 0.717) is 5.92 Å². The van der Waals surface area contributed by atoms with Gasteiger partial charge in [-0.15, -0.1) is 0 Å². The van der Waals surface area contributed by atoms with Crippen LogP contribution in [0.4, 0.5) is 5.69 Å². The van der Waals surface area contributed by atoms with Gasteiger partial charge in [-0.3, -0.25) is 4.99 Å². The first kappa shape index (κ1) is 10.2. The van der Waals surface area contributed by atoms with Crippen LogP contribution >= 0.6 is 11.6 Å². The fourth-order valence-corrected chi connectivity index (χ4v) is 1.72. The monoisotopic (exact) mass is 217 g/mol.